The first-order chi connectivity index (χ1) is 5.95. The molecule has 0 bridgehead atoms. The van der Waals surface area contributed by atoms with Crippen molar-refractivity contribution in [3.8, 4) is 0 Å². The van der Waals surface area contributed by atoms with E-state index in [-0.39, 0.29) is 18.0 Å². The van der Waals surface area contributed by atoms with Gasteiger partial charge in [0, 0.05) is 6.54 Å². The van der Waals surface area contributed by atoms with E-state index in [1.165, 1.54) is 6.92 Å². The Morgan fingerprint density at radius 1 is 1.54 bits per heavy atom. The minimum atomic E-state index is -4.29. The maximum Gasteiger partial charge on any atom is 0.433 e. The Morgan fingerprint density at radius 2 is 2.15 bits per heavy atom. The molecule has 1 aliphatic heterocycles. The highest BCUT2D eigenvalue weighted by Crippen LogP contribution is 2.26. The Kier molecular flexibility index (Phi) is 2.78. The van der Waals surface area contributed by atoms with Gasteiger partial charge in [-0.3, -0.25) is 4.99 Å². The highest BCUT2D eigenvalue weighted by Gasteiger charge is 2.37. The van der Waals surface area contributed by atoms with E-state index in [1.54, 1.807) is 6.08 Å². The largest absolute Gasteiger partial charge is 0.433 e. The van der Waals surface area contributed by atoms with Crippen LogP contribution in [0, 0.1) is 5.92 Å². The van der Waals surface area contributed by atoms with Crippen molar-refractivity contribution in [2.24, 2.45) is 10.9 Å². The molecular weight excluding hydrogens is 179 g/mol. The molecule has 0 amide bonds. The van der Waals surface area contributed by atoms with E-state index in [9.17, 15) is 13.2 Å². The first-order valence-electron chi connectivity index (χ1n) is 4.25. The lowest BCUT2D eigenvalue weighted by molar-refractivity contribution is -0.0586. The fraction of sp³-hybridized carbons (Fsp3) is 0.667. The van der Waals surface area contributed by atoms with Gasteiger partial charge in [-0.15, -0.1) is 0 Å². The molecule has 1 atom stereocenters. The summed E-state index contributed by atoms with van der Waals surface area (Å²) in [6.45, 7) is 3.68. The molecule has 0 saturated heterocycles. The molecule has 1 rings (SSSR count). The monoisotopic (exact) mass is 191 g/mol. The average Bonchev–Trinajstić information content (AvgIpc) is 2.01. The minimum Gasteiger partial charge on any atom is -0.280 e. The molecule has 0 spiro atoms. The van der Waals surface area contributed by atoms with Crippen LogP contribution >= 0.6 is 0 Å². The summed E-state index contributed by atoms with van der Waals surface area (Å²) in [6, 6.07) is 0. The van der Waals surface area contributed by atoms with E-state index in [0.717, 1.165) is 6.42 Å². The SMILES string of the molecule is CCC1C=C(C)C(C(F)(F)F)=NC1. The molecule has 13 heavy (non-hydrogen) atoms. The van der Waals surface area contributed by atoms with E-state index in [2.05, 4.69) is 4.99 Å². The van der Waals surface area contributed by atoms with Crippen molar-refractivity contribution < 1.29 is 13.2 Å². The number of hydrogen-bond acceptors (Lipinski definition) is 1. The molecule has 1 unspecified atom stereocenters. The van der Waals surface area contributed by atoms with E-state index in [0.29, 0.717) is 0 Å². The number of dihydropyridines is 1. The van der Waals surface area contributed by atoms with Gasteiger partial charge in [-0.25, -0.2) is 0 Å². The summed E-state index contributed by atoms with van der Waals surface area (Å²) >= 11 is 0. The van der Waals surface area contributed by atoms with Crippen molar-refractivity contribution in [3.05, 3.63) is 11.6 Å². The van der Waals surface area contributed by atoms with Crippen molar-refractivity contribution in [1.29, 1.82) is 0 Å². The van der Waals surface area contributed by atoms with Gasteiger partial charge in [0.1, 0.15) is 5.71 Å². The first kappa shape index (κ1) is 10.3. The van der Waals surface area contributed by atoms with Gasteiger partial charge in [-0.1, -0.05) is 13.0 Å². The predicted octanol–water partition coefficient (Wildman–Crippen LogP) is 2.98. The van der Waals surface area contributed by atoms with Gasteiger partial charge >= 0.3 is 6.18 Å². The zero-order valence-corrected chi connectivity index (χ0v) is 7.65. The summed E-state index contributed by atoms with van der Waals surface area (Å²) < 4.78 is 36.8. The number of rotatable bonds is 1. The van der Waals surface area contributed by atoms with Crippen LogP contribution in [0.4, 0.5) is 13.2 Å². The zero-order chi connectivity index (χ0) is 10.1. The van der Waals surface area contributed by atoms with Crippen LogP contribution in [0.15, 0.2) is 16.6 Å². The van der Waals surface area contributed by atoms with Crippen LogP contribution in [0.25, 0.3) is 0 Å². The molecular formula is C9H12F3N. The number of halogens is 3. The fourth-order valence-corrected chi connectivity index (χ4v) is 1.38. The number of hydrogen-bond donors (Lipinski definition) is 0. The average molecular weight is 191 g/mol. The molecule has 0 aromatic heterocycles. The normalized spacial score (nSPS) is 23.9. The van der Waals surface area contributed by atoms with Gasteiger partial charge < -0.3 is 0 Å². The summed E-state index contributed by atoms with van der Waals surface area (Å²) in [4.78, 5) is 3.56. The van der Waals surface area contributed by atoms with Crippen molar-refractivity contribution in [1.82, 2.24) is 0 Å². The predicted molar refractivity (Wildman–Crippen MR) is 45.9 cm³/mol. The number of nitrogens with zero attached hydrogens (tertiary/aromatic N) is 1. The van der Waals surface area contributed by atoms with Crippen molar-refractivity contribution in [2.75, 3.05) is 6.54 Å². The molecule has 0 saturated carbocycles. The second-order valence-electron chi connectivity index (χ2n) is 3.21. The molecule has 0 aliphatic carbocycles. The third-order valence-corrected chi connectivity index (χ3v) is 2.14. The molecule has 0 aromatic rings. The van der Waals surface area contributed by atoms with Crippen LogP contribution in [0.3, 0.4) is 0 Å². The number of aliphatic imine (C=N–C) groups is 1. The van der Waals surface area contributed by atoms with Crippen LogP contribution in [0.1, 0.15) is 20.3 Å². The number of alkyl halides is 3. The summed E-state index contributed by atoms with van der Waals surface area (Å²) in [5, 5.41) is 0. The smallest absolute Gasteiger partial charge is 0.280 e. The lowest BCUT2D eigenvalue weighted by atomic mass is 9.98. The lowest BCUT2D eigenvalue weighted by Gasteiger charge is -2.19. The fourth-order valence-electron chi connectivity index (χ4n) is 1.38. The molecule has 0 radical (unpaired) electrons. The van der Waals surface area contributed by atoms with E-state index >= 15 is 0 Å². The molecule has 1 aliphatic rings. The van der Waals surface area contributed by atoms with Crippen LogP contribution in [-0.2, 0) is 0 Å². The molecule has 0 fully saturated rings. The van der Waals surface area contributed by atoms with Gasteiger partial charge in [-0.05, 0) is 24.8 Å². The van der Waals surface area contributed by atoms with E-state index < -0.39 is 11.9 Å². The summed E-state index contributed by atoms with van der Waals surface area (Å²) in [5.74, 6) is 0.172. The van der Waals surface area contributed by atoms with Crippen LogP contribution in [-0.4, -0.2) is 18.4 Å². The van der Waals surface area contributed by atoms with Crippen LogP contribution < -0.4 is 0 Å². The number of allylic oxidation sites excluding steroid dienone is 1. The summed E-state index contributed by atoms with van der Waals surface area (Å²) in [5.41, 5.74) is -0.456. The Bertz CT molecular complexity index is 250. The Morgan fingerprint density at radius 3 is 2.54 bits per heavy atom. The summed E-state index contributed by atoms with van der Waals surface area (Å²) in [6.07, 6.45) is -1.79. The van der Waals surface area contributed by atoms with Crippen molar-refractivity contribution in [2.45, 2.75) is 26.4 Å². The third-order valence-electron chi connectivity index (χ3n) is 2.14. The topological polar surface area (TPSA) is 12.4 Å². The first-order valence-corrected chi connectivity index (χ1v) is 4.25. The van der Waals surface area contributed by atoms with E-state index in [1.807, 2.05) is 6.92 Å². The summed E-state index contributed by atoms with van der Waals surface area (Å²) in [7, 11) is 0. The van der Waals surface area contributed by atoms with Gasteiger partial charge in [0.25, 0.3) is 0 Å². The van der Waals surface area contributed by atoms with Crippen LogP contribution in [0.5, 0.6) is 0 Å². The zero-order valence-electron chi connectivity index (χ0n) is 7.65. The Balaban J connectivity index is 2.83. The van der Waals surface area contributed by atoms with Gasteiger partial charge in [0.2, 0.25) is 0 Å². The molecule has 0 aromatic carbocycles. The maximum atomic E-state index is 12.3. The molecule has 74 valence electrons. The quantitative estimate of drug-likeness (QED) is 0.604. The minimum absolute atomic E-state index is 0.172. The van der Waals surface area contributed by atoms with E-state index in [4.69, 9.17) is 0 Å². The molecule has 0 N–H and O–H groups in total. The van der Waals surface area contributed by atoms with Crippen molar-refractivity contribution >= 4 is 5.71 Å². The highest BCUT2D eigenvalue weighted by atomic mass is 19.4. The Labute approximate surface area is 75.4 Å². The Hall–Kier alpha value is -0.800. The third kappa shape index (κ3) is 2.32. The second-order valence-corrected chi connectivity index (χ2v) is 3.21. The molecule has 4 heteroatoms. The van der Waals surface area contributed by atoms with Crippen LogP contribution in [0.2, 0.25) is 0 Å². The van der Waals surface area contributed by atoms with Gasteiger partial charge in [0.15, 0.2) is 0 Å². The van der Waals surface area contributed by atoms with Crippen molar-refractivity contribution in [3.63, 3.8) is 0 Å². The molecule has 1 heterocycles. The molecule has 1 nitrogen and oxygen atoms in total. The standard InChI is InChI=1S/C9H12F3N/c1-3-7-4-6(2)8(13-5-7)9(10,11)12/h4,7H,3,5H2,1-2H3. The van der Waals surface area contributed by atoms with Gasteiger partial charge in [-0.2, -0.15) is 13.2 Å². The highest BCUT2D eigenvalue weighted by molar-refractivity contribution is 6.04. The second kappa shape index (κ2) is 3.52. The van der Waals surface area contributed by atoms with Gasteiger partial charge in [0.05, 0.1) is 0 Å². The lowest BCUT2D eigenvalue weighted by Crippen LogP contribution is -2.28. The maximum absolute atomic E-state index is 12.3.